The molecule has 1 fully saturated rings. The average Bonchev–Trinajstić information content (AvgIpc) is 3.26. The van der Waals surface area contributed by atoms with E-state index in [0.29, 0.717) is 24.3 Å². The molecule has 3 atom stereocenters. The lowest BCUT2D eigenvalue weighted by atomic mass is 9.94. The van der Waals surface area contributed by atoms with Gasteiger partial charge in [0.15, 0.2) is 18.1 Å². The Balaban J connectivity index is 1.60. The highest BCUT2D eigenvalue weighted by Gasteiger charge is 2.47. The highest BCUT2D eigenvalue weighted by Crippen LogP contribution is 2.51. The van der Waals surface area contributed by atoms with Crippen molar-refractivity contribution in [2.24, 2.45) is 0 Å². The van der Waals surface area contributed by atoms with E-state index in [1.807, 2.05) is 6.07 Å². The van der Waals surface area contributed by atoms with Gasteiger partial charge < -0.3 is 19.3 Å². The first-order valence-corrected chi connectivity index (χ1v) is 10.7. The summed E-state index contributed by atoms with van der Waals surface area (Å²) >= 11 is 0. The number of para-hydroxylation sites is 2. The van der Waals surface area contributed by atoms with E-state index in [9.17, 15) is 13.2 Å². The highest BCUT2D eigenvalue weighted by molar-refractivity contribution is 7.89. The fourth-order valence-electron chi connectivity index (χ4n) is 4.07. The van der Waals surface area contributed by atoms with Crippen molar-refractivity contribution in [1.82, 2.24) is 4.72 Å². The maximum Gasteiger partial charge on any atom is 0.341 e. The highest BCUT2D eigenvalue weighted by atomic mass is 32.2. The maximum atomic E-state index is 13.0. The van der Waals surface area contributed by atoms with Gasteiger partial charge in [0.2, 0.25) is 10.0 Å². The van der Waals surface area contributed by atoms with Crippen molar-refractivity contribution in [3.05, 3.63) is 48.0 Å². The van der Waals surface area contributed by atoms with Crippen LogP contribution in [0.1, 0.15) is 24.3 Å². The Morgan fingerprint density at radius 3 is 2.69 bits per heavy atom. The molecule has 29 heavy (non-hydrogen) atoms. The molecule has 4 rings (SSSR count). The molecule has 1 aliphatic heterocycles. The minimum absolute atomic E-state index is 0.0867. The minimum Gasteiger partial charge on any atom is -0.495 e. The lowest BCUT2D eigenvalue weighted by molar-refractivity contribution is -0.139. The largest absolute Gasteiger partial charge is 0.495 e. The summed E-state index contributed by atoms with van der Waals surface area (Å²) in [7, 11) is -2.37. The van der Waals surface area contributed by atoms with E-state index >= 15 is 0 Å². The van der Waals surface area contributed by atoms with E-state index in [0.717, 1.165) is 5.56 Å². The standard InChI is InChI=1S/C20H21NO7S/c1-26-14-6-2-3-8-17(14)29(24,25)21-13-9-10-15-19(13)12-5-4-7-16(20(12)28-15)27-11-18(22)23/h2-8,13,15,19,21H,9-11H2,1H3,(H,22,23). The number of hydrogen-bond donors (Lipinski definition) is 2. The Morgan fingerprint density at radius 2 is 1.93 bits per heavy atom. The number of fused-ring (bicyclic) bond motifs is 3. The number of sulfonamides is 1. The molecule has 0 bridgehead atoms. The van der Waals surface area contributed by atoms with Gasteiger partial charge in [-0.25, -0.2) is 17.9 Å². The lowest BCUT2D eigenvalue weighted by Gasteiger charge is -2.20. The molecule has 0 aromatic heterocycles. The summed E-state index contributed by atoms with van der Waals surface area (Å²) in [6.07, 6.45) is 1.12. The van der Waals surface area contributed by atoms with Crippen LogP contribution in [-0.2, 0) is 14.8 Å². The van der Waals surface area contributed by atoms with Crippen molar-refractivity contribution < 1.29 is 32.5 Å². The zero-order chi connectivity index (χ0) is 20.6. The summed E-state index contributed by atoms with van der Waals surface area (Å²) in [6.45, 7) is -0.473. The molecule has 2 N–H and O–H groups in total. The van der Waals surface area contributed by atoms with Crippen LogP contribution in [0.25, 0.3) is 0 Å². The number of nitrogens with one attached hydrogen (secondary N) is 1. The number of carboxylic acid groups (broad SMARTS) is 1. The molecule has 0 radical (unpaired) electrons. The zero-order valence-electron chi connectivity index (χ0n) is 15.7. The molecule has 1 heterocycles. The van der Waals surface area contributed by atoms with Gasteiger partial charge in [0, 0.05) is 17.5 Å². The number of ether oxygens (including phenoxy) is 3. The minimum atomic E-state index is -3.80. The van der Waals surface area contributed by atoms with Crippen LogP contribution < -0.4 is 18.9 Å². The van der Waals surface area contributed by atoms with Gasteiger partial charge in [0.25, 0.3) is 0 Å². The van der Waals surface area contributed by atoms with Crippen LogP contribution in [0.5, 0.6) is 17.2 Å². The molecule has 8 nitrogen and oxygen atoms in total. The van der Waals surface area contributed by atoms with Crippen LogP contribution in [0.15, 0.2) is 47.4 Å². The predicted octanol–water partition coefficient (Wildman–Crippen LogP) is 2.14. The van der Waals surface area contributed by atoms with E-state index in [2.05, 4.69) is 4.72 Å². The van der Waals surface area contributed by atoms with Gasteiger partial charge in [-0.1, -0.05) is 24.3 Å². The Labute approximate surface area is 168 Å². The van der Waals surface area contributed by atoms with Crippen LogP contribution in [0.4, 0.5) is 0 Å². The smallest absolute Gasteiger partial charge is 0.341 e. The lowest BCUT2D eigenvalue weighted by Crippen LogP contribution is -2.37. The van der Waals surface area contributed by atoms with Gasteiger partial charge in [-0.05, 0) is 31.0 Å². The number of rotatable bonds is 7. The van der Waals surface area contributed by atoms with Crippen molar-refractivity contribution in [2.45, 2.75) is 35.8 Å². The first-order chi connectivity index (χ1) is 13.9. The van der Waals surface area contributed by atoms with Crippen molar-refractivity contribution in [1.29, 1.82) is 0 Å². The summed E-state index contributed by atoms with van der Waals surface area (Å²) < 4.78 is 45.3. The Bertz CT molecular complexity index is 1040. The molecule has 2 aromatic carbocycles. The quantitative estimate of drug-likeness (QED) is 0.707. The number of benzene rings is 2. The van der Waals surface area contributed by atoms with Crippen molar-refractivity contribution in [3.8, 4) is 17.2 Å². The van der Waals surface area contributed by atoms with Gasteiger partial charge in [-0.3, -0.25) is 0 Å². The van der Waals surface area contributed by atoms with E-state index < -0.39 is 22.6 Å². The van der Waals surface area contributed by atoms with E-state index in [1.54, 1.807) is 30.3 Å². The molecule has 9 heteroatoms. The molecule has 0 amide bonds. The summed E-state index contributed by atoms with van der Waals surface area (Å²) in [5, 5.41) is 8.85. The Hall–Kier alpha value is -2.78. The third-order valence-electron chi connectivity index (χ3n) is 5.25. The molecule has 2 aromatic rings. The summed E-state index contributed by atoms with van der Waals surface area (Å²) in [5.74, 6) is -0.136. The molecular weight excluding hydrogens is 398 g/mol. The molecule has 3 unspecified atom stereocenters. The van der Waals surface area contributed by atoms with E-state index in [-0.39, 0.29) is 28.7 Å². The van der Waals surface area contributed by atoms with E-state index in [4.69, 9.17) is 19.3 Å². The third-order valence-corrected chi connectivity index (χ3v) is 6.78. The van der Waals surface area contributed by atoms with Crippen molar-refractivity contribution in [2.75, 3.05) is 13.7 Å². The monoisotopic (exact) mass is 419 g/mol. The van der Waals surface area contributed by atoms with Gasteiger partial charge in [-0.15, -0.1) is 0 Å². The summed E-state index contributed by atoms with van der Waals surface area (Å²) in [4.78, 5) is 10.9. The first-order valence-electron chi connectivity index (χ1n) is 9.20. The number of aliphatic carboxylic acids is 1. The van der Waals surface area contributed by atoms with Gasteiger partial charge in [0.1, 0.15) is 16.7 Å². The molecule has 2 aliphatic rings. The summed E-state index contributed by atoms with van der Waals surface area (Å²) in [5.41, 5.74) is 0.822. The molecular formula is C20H21NO7S. The Kier molecular flexibility index (Phi) is 5.10. The number of hydrogen-bond acceptors (Lipinski definition) is 6. The predicted molar refractivity (Wildman–Crippen MR) is 103 cm³/mol. The van der Waals surface area contributed by atoms with Gasteiger partial charge in [-0.2, -0.15) is 0 Å². The third kappa shape index (κ3) is 3.63. The van der Waals surface area contributed by atoms with Crippen LogP contribution in [0.3, 0.4) is 0 Å². The second-order valence-corrected chi connectivity index (χ2v) is 8.68. The molecule has 0 spiro atoms. The first kappa shape index (κ1) is 19.5. The molecule has 0 saturated heterocycles. The van der Waals surface area contributed by atoms with Crippen molar-refractivity contribution >= 4 is 16.0 Å². The fourth-order valence-corrected chi connectivity index (χ4v) is 5.54. The van der Waals surface area contributed by atoms with Gasteiger partial charge >= 0.3 is 5.97 Å². The number of carbonyl (C=O) groups is 1. The Morgan fingerprint density at radius 1 is 1.17 bits per heavy atom. The SMILES string of the molecule is COc1ccccc1S(=O)(=O)NC1CCC2Oc3c(OCC(=O)O)cccc3C12. The topological polar surface area (TPSA) is 111 Å². The molecule has 154 valence electrons. The molecule has 1 aliphatic carbocycles. The van der Waals surface area contributed by atoms with Crippen LogP contribution in [-0.4, -0.2) is 45.4 Å². The van der Waals surface area contributed by atoms with Crippen LogP contribution >= 0.6 is 0 Å². The van der Waals surface area contributed by atoms with Gasteiger partial charge in [0.05, 0.1) is 7.11 Å². The normalized spacial score (nSPS) is 22.4. The summed E-state index contributed by atoms with van der Waals surface area (Å²) in [6, 6.07) is 11.4. The van der Waals surface area contributed by atoms with Crippen LogP contribution in [0.2, 0.25) is 0 Å². The maximum absolute atomic E-state index is 13.0. The second kappa shape index (κ2) is 7.57. The van der Waals surface area contributed by atoms with E-state index in [1.165, 1.54) is 13.2 Å². The number of carboxylic acids is 1. The fraction of sp³-hybridized carbons (Fsp3) is 0.350. The van der Waals surface area contributed by atoms with Crippen LogP contribution in [0, 0.1) is 0 Å². The molecule has 1 saturated carbocycles. The van der Waals surface area contributed by atoms with Crippen molar-refractivity contribution in [3.63, 3.8) is 0 Å². The second-order valence-electron chi connectivity index (χ2n) is 6.99. The zero-order valence-corrected chi connectivity index (χ0v) is 16.5. The average molecular weight is 419 g/mol. The number of methoxy groups -OCH3 is 1.